The molecule has 0 saturated heterocycles. The number of ether oxygens (including phenoxy) is 1. The molecule has 7 nitrogen and oxygen atoms in total. The van der Waals surface area contributed by atoms with Crippen LogP contribution in [-0.4, -0.2) is 36.5 Å². The minimum absolute atomic E-state index is 0.0973. The molecule has 4 rings (SSSR count). The van der Waals surface area contributed by atoms with Gasteiger partial charge in [-0.15, -0.1) is 0 Å². The normalized spacial score (nSPS) is 13.2. The molecular weight excluding hydrogens is 449 g/mol. The molecule has 1 aliphatic rings. The van der Waals surface area contributed by atoms with Gasteiger partial charge < -0.3 is 20.3 Å². The molecule has 3 amide bonds. The number of methoxy groups -OCH3 is 1. The average Bonchev–Trinajstić information content (AvgIpc) is 3.18. The molecule has 2 N–H and O–H groups in total. The minimum atomic E-state index is -0.440. The number of anilines is 2. The lowest BCUT2D eigenvalue weighted by molar-refractivity contribution is -0.146. The summed E-state index contributed by atoms with van der Waals surface area (Å²) in [6.07, 6.45) is 0.598. The molecule has 1 aliphatic heterocycles. The van der Waals surface area contributed by atoms with Crippen LogP contribution >= 0.6 is 0 Å². The zero-order chi connectivity index (χ0) is 24.9. The smallest absolute Gasteiger partial charge is 0.323 e. The molecule has 0 aromatic heterocycles. The summed E-state index contributed by atoms with van der Waals surface area (Å²) in [5.41, 5.74) is 4.39. The van der Waals surface area contributed by atoms with E-state index in [4.69, 9.17) is 4.74 Å². The van der Waals surface area contributed by atoms with E-state index in [0.717, 1.165) is 16.7 Å². The Bertz CT molecular complexity index is 1240. The van der Waals surface area contributed by atoms with E-state index >= 15 is 0 Å². The fraction of sp³-hybridized carbons (Fsp3) is 0.222. The van der Waals surface area contributed by atoms with Crippen LogP contribution < -0.4 is 10.6 Å². The Hall–Kier alpha value is -4.20. The number of halogens is 1. The predicted molar refractivity (Wildman–Crippen MR) is 131 cm³/mol. The number of nitrogens with zero attached hydrogens (tertiary/aromatic N) is 1. The Morgan fingerprint density at radius 1 is 0.971 bits per heavy atom. The van der Waals surface area contributed by atoms with E-state index < -0.39 is 6.03 Å². The predicted octanol–water partition coefficient (Wildman–Crippen LogP) is 5.29. The summed E-state index contributed by atoms with van der Waals surface area (Å²) >= 11 is 0. The van der Waals surface area contributed by atoms with Gasteiger partial charge in [-0.05, 0) is 65.6 Å². The number of amides is 3. The van der Waals surface area contributed by atoms with Crippen LogP contribution in [0.2, 0.25) is 0 Å². The molecular formula is C27H26FN3O4. The molecule has 35 heavy (non-hydrogen) atoms. The van der Waals surface area contributed by atoms with Gasteiger partial charge in [0.15, 0.2) is 0 Å². The van der Waals surface area contributed by atoms with Gasteiger partial charge in [-0.2, -0.15) is 0 Å². The molecule has 0 bridgehead atoms. The number of carbonyl (C=O) groups excluding carboxylic acids is 3. The van der Waals surface area contributed by atoms with Gasteiger partial charge in [0.25, 0.3) is 5.91 Å². The first-order chi connectivity index (χ1) is 16.9. The number of benzene rings is 3. The van der Waals surface area contributed by atoms with Gasteiger partial charge in [0.1, 0.15) is 5.82 Å². The van der Waals surface area contributed by atoms with Crippen molar-refractivity contribution in [1.82, 2.24) is 4.90 Å². The van der Waals surface area contributed by atoms with E-state index in [1.54, 1.807) is 17.0 Å². The Morgan fingerprint density at radius 2 is 1.57 bits per heavy atom. The van der Waals surface area contributed by atoms with Crippen molar-refractivity contribution < 1.29 is 23.5 Å². The molecule has 1 heterocycles. The number of carbonyl (C=O) groups is 3. The molecule has 0 unspecified atom stereocenters. The zero-order valence-electron chi connectivity index (χ0n) is 19.5. The lowest BCUT2D eigenvalue weighted by Crippen LogP contribution is -2.33. The average molecular weight is 476 g/mol. The maximum Gasteiger partial charge on any atom is 0.323 e. The van der Waals surface area contributed by atoms with Gasteiger partial charge in [-0.1, -0.05) is 31.2 Å². The number of nitrogens with one attached hydrogen (secondary N) is 2. The Balaban J connectivity index is 1.41. The van der Waals surface area contributed by atoms with Crippen molar-refractivity contribution in [3.63, 3.8) is 0 Å². The van der Waals surface area contributed by atoms with E-state index in [1.165, 1.54) is 31.4 Å². The molecule has 0 saturated carbocycles. The molecule has 3 aromatic carbocycles. The van der Waals surface area contributed by atoms with Crippen LogP contribution in [0.15, 0.2) is 66.7 Å². The third kappa shape index (κ3) is 5.48. The van der Waals surface area contributed by atoms with Crippen LogP contribution in [-0.2, 0) is 16.1 Å². The minimum Gasteiger partial charge on any atom is -0.469 e. The Labute approximate surface area is 202 Å². The van der Waals surface area contributed by atoms with Gasteiger partial charge in [0.05, 0.1) is 13.0 Å². The monoisotopic (exact) mass is 475 g/mol. The van der Waals surface area contributed by atoms with E-state index in [1.807, 2.05) is 37.3 Å². The van der Waals surface area contributed by atoms with Crippen LogP contribution in [0.25, 0.3) is 11.1 Å². The van der Waals surface area contributed by atoms with Gasteiger partial charge in [-0.3, -0.25) is 9.59 Å². The third-order valence-corrected chi connectivity index (χ3v) is 6.03. The van der Waals surface area contributed by atoms with Crippen molar-refractivity contribution in [2.75, 3.05) is 24.3 Å². The highest BCUT2D eigenvalue weighted by Crippen LogP contribution is 2.30. The lowest BCUT2D eigenvalue weighted by Gasteiger charge is -2.20. The van der Waals surface area contributed by atoms with Crippen molar-refractivity contribution in [2.45, 2.75) is 19.9 Å². The molecule has 0 fully saturated rings. The van der Waals surface area contributed by atoms with Gasteiger partial charge in [0, 0.05) is 30.0 Å². The largest absolute Gasteiger partial charge is 0.469 e. The molecule has 0 aliphatic carbocycles. The van der Waals surface area contributed by atoms with Crippen LogP contribution in [0.4, 0.5) is 20.6 Å². The number of hydrogen-bond acceptors (Lipinski definition) is 4. The van der Waals surface area contributed by atoms with Crippen LogP contribution in [0.3, 0.4) is 0 Å². The van der Waals surface area contributed by atoms with Gasteiger partial charge >= 0.3 is 12.0 Å². The fourth-order valence-corrected chi connectivity index (χ4v) is 4.06. The number of hydrogen-bond donors (Lipinski definition) is 2. The Kier molecular flexibility index (Phi) is 7.10. The first-order valence-electron chi connectivity index (χ1n) is 11.3. The highest BCUT2D eigenvalue weighted by atomic mass is 19.1. The zero-order valence-corrected chi connectivity index (χ0v) is 19.5. The van der Waals surface area contributed by atoms with Crippen LogP contribution in [0, 0.1) is 11.7 Å². The topological polar surface area (TPSA) is 87.7 Å². The van der Waals surface area contributed by atoms with E-state index in [-0.39, 0.29) is 23.6 Å². The summed E-state index contributed by atoms with van der Waals surface area (Å²) in [6, 6.07) is 18.1. The molecule has 8 heteroatoms. The quantitative estimate of drug-likeness (QED) is 0.455. The summed E-state index contributed by atoms with van der Waals surface area (Å²) in [7, 11) is 1.36. The maximum atomic E-state index is 13.0. The van der Waals surface area contributed by atoms with E-state index in [2.05, 4.69) is 10.6 Å². The maximum absolute atomic E-state index is 13.0. The standard InChI is InChI=1S/C27H26FN3O4/c1-3-17(26(33)35-2)15-31-16-20-5-4-19(14-24(20)25(31)32)18-6-10-22(11-7-18)29-27(34)30-23-12-8-21(28)9-13-23/h4-14,17H,3,15-16H2,1-2H3,(H2,29,30,34)/t17-/m0/s1. The highest BCUT2D eigenvalue weighted by Gasteiger charge is 2.31. The van der Waals surface area contributed by atoms with Gasteiger partial charge in [-0.25, -0.2) is 9.18 Å². The molecule has 0 radical (unpaired) electrons. The summed E-state index contributed by atoms with van der Waals surface area (Å²) in [5.74, 6) is -1.13. The van der Waals surface area contributed by atoms with Crippen molar-refractivity contribution in [3.05, 3.63) is 83.7 Å². The second kappa shape index (κ2) is 10.4. The molecule has 1 atom stereocenters. The number of esters is 1. The second-order valence-corrected chi connectivity index (χ2v) is 8.35. The highest BCUT2D eigenvalue weighted by molar-refractivity contribution is 6.01. The SMILES string of the molecule is CC[C@@H](CN1Cc2ccc(-c3ccc(NC(=O)Nc4ccc(F)cc4)cc3)cc2C1=O)C(=O)OC. The van der Waals surface area contributed by atoms with Crippen LogP contribution in [0.1, 0.15) is 29.3 Å². The summed E-state index contributed by atoms with van der Waals surface area (Å²) < 4.78 is 17.9. The number of rotatable bonds is 7. The number of fused-ring (bicyclic) bond motifs is 1. The van der Waals surface area contributed by atoms with Crippen molar-refractivity contribution >= 4 is 29.3 Å². The second-order valence-electron chi connectivity index (χ2n) is 8.35. The lowest BCUT2D eigenvalue weighted by atomic mass is 10.0. The summed E-state index contributed by atoms with van der Waals surface area (Å²) in [4.78, 5) is 38.8. The first-order valence-corrected chi connectivity index (χ1v) is 11.3. The van der Waals surface area contributed by atoms with Crippen molar-refractivity contribution in [3.8, 4) is 11.1 Å². The van der Waals surface area contributed by atoms with E-state index in [0.29, 0.717) is 36.4 Å². The van der Waals surface area contributed by atoms with E-state index in [9.17, 15) is 18.8 Å². The fourth-order valence-electron chi connectivity index (χ4n) is 4.06. The summed E-state index contributed by atoms with van der Waals surface area (Å²) in [5, 5.41) is 5.37. The molecule has 0 spiro atoms. The summed E-state index contributed by atoms with van der Waals surface area (Å²) in [6.45, 7) is 2.69. The van der Waals surface area contributed by atoms with Crippen LogP contribution in [0.5, 0.6) is 0 Å². The Morgan fingerprint density at radius 3 is 2.17 bits per heavy atom. The number of urea groups is 1. The van der Waals surface area contributed by atoms with Crippen molar-refractivity contribution in [2.24, 2.45) is 5.92 Å². The first kappa shape index (κ1) is 23.9. The molecule has 180 valence electrons. The third-order valence-electron chi connectivity index (χ3n) is 6.03. The van der Waals surface area contributed by atoms with Gasteiger partial charge in [0.2, 0.25) is 0 Å². The molecule has 3 aromatic rings. The van der Waals surface area contributed by atoms with Crippen molar-refractivity contribution in [1.29, 1.82) is 0 Å².